The summed E-state index contributed by atoms with van der Waals surface area (Å²) in [6, 6.07) is 8.46. The number of aromatic nitrogens is 2. The lowest BCUT2D eigenvalue weighted by molar-refractivity contribution is 0.833. The Kier molecular flexibility index (Phi) is 4.56. The molecule has 0 spiro atoms. The van der Waals surface area contributed by atoms with Crippen molar-refractivity contribution in [2.45, 2.75) is 40.2 Å². The van der Waals surface area contributed by atoms with Crippen molar-refractivity contribution in [3.63, 3.8) is 0 Å². The second-order valence-electron chi connectivity index (χ2n) is 5.09. The van der Waals surface area contributed by atoms with Crippen molar-refractivity contribution in [2.24, 2.45) is 0 Å². The van der Waals surface area contributed by atoms with Crippen molar-refractivity contribution in [3.05, 3.63) is 46.8 Å². The number of hydrogen-bond donors (Lipinski definition) is 2. The van der Waals surface area contributed by atoms with E-state index >= 15 is 0 Å². The molecule has 0 amide bonds. The highest BCUT2D eigenvalue weighted by Crippen LogP contribution is 2.18. The molecule has 2 aromatic rings. The van der Waals surface area contributed by atoms with Gasteiger partial charge in [-0.2, -0.15) is 0 Å². The maximum absolute atomic E-state index is 5.95. The zero-order chi connectivity index (χ0) is 14.5. The number of nitrogens with two attached hydrogens (primary N) is 1. The van der Waals surface area contributed by atoms with Gasteiger partial charge in [-0.25, -0.2) is 9.97 Å². The van der Waals surface area contributed by atoms with Gasteiger partial charge in [-0.05, 0) is 25.8 Å². The molecule has 1 aromatic heterocycles. The first-order chi connectivity index (χ1) is 9.60. The Morgan fingerprint density at radius 3 is 2.45 bits per heavy atom. The number of hydrogen-bond acceptors (Lipinski definition) is 4. The highest BCUT2D eigenvalue weighted by atomic mass is 15.1. The SMILES string of the molecule is CCCc1nc(N)c(C)c(NCc2ccc(C)cc2)n1. The molecule has 1 heterocycles. The first-order valence-electron chi connectivity index (χ1n) is 7.02. The molecule has 0 aliphatic carbocycles. The topological polar surface area (TPSA) is 63.8 Å². The van der Waals surface area contributed by atoms with Crippen LogP contribution in [0.1, 0.15) is 35.9 Å². The average molecular weight is 270 g/mol. The van der Waals surface area contributed by atoms with E-state index in [2.05, 4.69) is 53.4 Å². The third-order valence-corrected chi connectivity index (χ3v) is 3.28. The predicted octanol–water partition coefficient (Wildman–Crippen LogP) is 3.24. The van der Waals surface area contributed by atoms with Crippen LogP contribution in [0, 0.1) is 13.8 Å². The molecule has 0 bridgehead atoms. The van der Waals surface area contributed by atoms with Crippen LogP contribution in [0.25, 0.3) is 0 Å². The summed E-state index contributed by atoms with van der Waals surface area (Å²) in [7, 11) is 0. The largest absolute Gasteiger partial charge is 0.383 e. The molecule has 1 aromatic carbocycles. The maximum Gasteiger partial charge on any atom is 0.135 e. The second kappa shape index (κ2) is 6.37. The summed E-state index contributed by atoms with van der Waals surface area (Å²) in [6.45, 7) is 6.88. The molecule has 0 aliphatic heterocycles. The number of anilines is 2. The van der Waals surface area contributed by atoms with Crippen LogP contribution in [0.5, 0.6) is 0 Å². The molecule has 4 nitrogen and oxygen atoms in total. The molecule has 0 aliphatic rings. The van der Waals surface area contributed by atoms with Gasteiger partial charge >= 0.3 is 0 Å². The van der Waals surface area contributed by atoms with E-state index in [-0.39, 0.29) is 0 Å². The first kappa shape index (κ1) is 14.3. The number of nitrogen functional groups attached to an aromatic ring is 1. The highest BCUT2D eigenvalue weighted by molar-refractivity contribution is 5.55. The van der Waals surface area contributed by atoms with Crippen LogP contribution >= 0.6 is 0 Å². The fraction of sp³-hybridized carbons (Fsp3) is 0.375. The van der Waals surface area contributed by atoms with Crippen LogP contribution in [-0.2, 0) is 13.0 Å². The molecule has 4 heteroatoms. The molecule has 106 valence electrons. The minimum absolute atomic E-state index is 0.565. The summed E-state index contributed by atoms with van der Waals surface area (Å²) in [5.41, 5.74) is 9.35. The molecule has 3 N–H and O–H groups in total. The smallest absolute Gasteiger partial charge is 0.135 e. The average Bonchev–Trinajstić information content (AvgIpc) is 2.43. The fourth-order valence-corrected chi connectivity index (χ4v) is 1.98. The monoisotopic (exact) mass is 270 g/mol. The van der Waals surface area contributed by atoms with E-state index in [9.17, 15) is 0 Å². The Labute approximate surface area is 120 Å². The molecule has 0 unspecified atom stereocenters. The van der Waals surface area contributed by atoms with Gasteiger partial charge in [0.2, 0.25) is 0 Å². The third-order valence-electron chi connectivity index (χ3n) is 3.28. The van der Waals surface area contributed by atoms with Gasteiger partial charge in [0.25, 0.3) is 0 Å². The third kappa shape index (κ3) is 3.47. The van der Waals surface area contributed by atoms with Crippen molar-refractivity contribution >= 4 is 11.6 Å². The minimum Gasteiger partial charge on any atom is -0.383 e. The molecular formula is C16H22N4. The zero-order valence-electron chi connectivity index (χ0n) is 12.4. The molecular weight excluding hydrogens is 248 g/mol. The van der Waals surface area contributed by atoms with Gasteiger partial charge in [0.05, 0.1) is 0 Å². The summed E-state index contributed by atoms with van der Waals surface area (Å²) in [5.74, 6) is 2.21. The van der Waals surface area contributed by atoms with Crippen molar-refractivity contribution in [1.29, 1.82) is 0 Å². The highest BCUT2D eigenvalue weighted by Gasteiger charge is 2.08. The van der Waals surface area contributed by atoms with E-state index in [1.54, 1.807) is 0 Å². The number of nitrogens with zero attached hydrogens (tertiary/aromatic N) is 2. The quantitative estimate of drug-likeness (QED) is 0.875. The van der Waals surface area contributed by atoms with Crippen LogP contribution in [0.3, 0.4) is 0 Å². The van der Waals surface area contributed by atoms with E-state index in [0.717, 1.165) is 36.6 Å². The zero-order valence-corrected chi connectivity index (χ0v) is 12.4. The number of aryl methyl sites for hydroxylation is 2. The lowest BCUT2D eigenvalue weighted by Gasteiger charge is -2.12. The molecule has 0 atom stereocenters. The van der Waals surface area contributed by atoms with Crippen LogP contribution in [0.4, 0.5) is 11.6 Å². The first-order valence-corrected chi connectivity index (χ1v) is 7.02. The van der Waals surface area contributed by atoms with Crippen LogP contribution in [0.2, 0.25) is 0 Å². The normalized spacial score (nSPS) is 10.6. The van der Waals surface area contributed by atoms with Gasteiger partial charge in [0.1, 0.15) is 17.5 Å². The van der Waals surface area contributed by atoms with Crippen molar-refractivity contribution < 1.29 is 0 Å². The predicted molar refractivity (Wildman–Crippen MR) is 83.7 cm³/mol. The van der Waals surface area contributed by atoms with Crippen molar-refractivity contribution in [3.8, 4) is 0 Å². The summed E-state index contributed by atoms with van der Waals surface area (Å²) < 4.78 is 0. The summed E-state index contributed by atoms with van der Waals surface area (Å²) in [5, 5.41) is 3.36. The molecule has 2 rings (SSSR count). The van der Waals surface area contributed by atoms with Crippen molar-refractivity contribution in [1.82, 2.24) is 9.97 Å². The lowest BCUT2D eigenvalue weighted by Crippen LogP contribution is -2.09. The summed E-state index contributed by atoms with van der Waals surface area (Å²) in [4.78, 5) is 8.87. The maximum atomic E-state index is 5.95. The number of benzene rings is 1. The Morgan fingerprint density at radius 1 is 1.10 bits per heavy atom. The van der Waals surface area contributed by atoms with Gasteiger partial charge < -0.3 is 11.1 Å². The van der Waals surface area contributed by atoms with E-state index in [0.29, 0.717) is 5.82 Å². The summed E-state index contributed by atoms with van der Waals surface area (Å²) in [6.07, 6.45) is 1.86. The lowest BCUT2D eigenvalue weighted by atomic mass is 10.1. The van der Waals surface area contributed by atoms with Gasteiger partial charge in [0.15, 0.2) is 0 Å². The van der Waals surface area contributed by atoms with E-state index in [1.807, 2.05) is 6.92 Å². The minimum atomic E-state index is 0.565. The Balaban J connectivity index is 2.13. The van der Waals surface area contributed by atoms with Gasteiger partial charge in [0, 0.05) is 18.5 Å². The van der Waals surface area contributed by atoms with E-state index < -0.39 is 0 Å². The number of rotatable bonds is 5. The Bertz CT molecular complexity index is 576. The molecule has 0 fully saturated rings. The van der Waals surface area contributed by atoms with Gasteiger partial charge in [-0.15, -0.1) is 0 Å². The second-order valence-corrected chi connectivity index (χ2v) is 5.09. The van der Waals surface area contributed by atoms with E-state index in [4.69, 9.17) is 5.73 Å². The van der Waals surface area contributed by atoms with Gasteiger partial charge in [-0.3, -0.25) is 0 Å². The van der Waals surface area contributed by atoms with Crippen molar-refractivity contribution in [2.75, 3.05) is 11.1 Å². The number of nitrogens with one attached hydrogen (secondary N) is 1. The summed E-state index contributed by atoms with van der Waals surface area (Å²) >= 11 is 0. The molecule has 20 heavy (non-hydrogen) atoms. The molecule has 0 saturated carbocycles. The van der Waals surface area contributed by atoms with Crippen LogP contribution in [0.15, 0.2) is 24.3 Å². The van der Waals surface area contributed by atoms with Crippen LogP contribution < -0.4 is 11.1 Å². The molecule has 0 saturated heterocycles. The fourth-order valence-electron chi connectivity index (χ4n) is 1.98. The molecule has 0 radical (unpaired) electrons. The Morgan fingerprint density at radius 2 is 1.80 bits per heavy atom. The van der Waals surface area contributed by atoms with Crippen LogP contribution in [-0.4, -0.2) is 9.97 Å². The van der Waals surface area contributed by atoms with E-state index in [1.165, 1.54) is 11.1 Å². The van der Waals surface area contributed by atoms with Gasteiger partial charge in [-0.1, -0.05) is 36.8 Å². The Hall–Kier alpha value is -2.10. The standard InChI is InChI=1S/C16H22N4/c1-4-5-14-19-15(17)12(3)16(20-14)18-10-13-8-6-11(2)7-9-13/h6-9H,4-5,10H2,1-3H3,(H3,17,18,19,20).